The van der Waals surface area contributed by atoms with Crippen LogP contribution >= 0.6 is 0 Å². The van der Waals surface area contributed by atoms with Crippen LogP contribution in [0.4, 0.5) is 4.79 Å². The van der Waals surface area contributed by atoms with E-state index in [-0.39, 0.29) is 18.4 Å². The molecule has 3 atom stereocenters. The SMILES string of the molecule is CCC(C)c1cc(C(=O)N(OC)[C@@H]2CN(C(=O)O)CCC[C@H]2OCc2ccccc2)ccc1OC. The van der Waals surface area contributed by atoms with Gasteiger partial charge in [-0.2, -0.15) is 0 Å². The van der Waals surface area contributed by atoms with E-state index in [1.54, 1.807) is 19.2 Å². The number of methoxy groups -OCH3 is 1. The maximum absolute atomic E-state index is 13.7. The van der Waals surface area contributed by atoms with Crippen LogP contribution in [0.15, 0.2) is 48.5 Å². The van der Waals surface area contributed by atoms with Crippen LogP contribution in [0.3, 0.4) is 0 Å². The fraction of sp³-hybridized carbons (Fsp3) is 0.481. The number of hydrogen-bond donors (Lipinski definition) is 1. The Balaban J connectivity index is 1.91. The van der Waals surface area contributed by atoms with Crippen molar-refractivity contribution < 1.29 is 29.0 Å². The highest BCUT2D eigenvalue weighted by Gasteiger charge is 2.37. The van der Waals surface area contributed by atoms with Gasteiger partial charge in [-0.25, -0.2) is 9.86 Å². The highest BCUT2D eigenvalue weighted by molar-refractivity contribution is 5.94. The van der Waals surface area contributed by atoms with Gasteiger partial charge < -0.3 is 19.5 Å². The Morgan fingerprint density at radius 3 is 2.54 bits per heavy atom. The van der Waals surface area contributed by atoms with Gasteiger partial charge in [0.25, 0.3) is 5.91 Å². The van der Waals surface area contributed by atoms with E-state index in [0.717, 1.165) is 23.3 Å². The number of likely N-dealkylation sites (tertiary alicyclic amines) is 1. The van der Waals surface area contributed by atoms with Crippen molar-refractivity contribution in [2.24, 2.45) is 0 Å². The van der Waals surface area contributed by atoms with E-state index in [2.05, 4.69) is 13.8 Å². The zero-order valence-corrected chi connectivity index (χ0v) is 21.0. The summed E-state index contributed by atoms with van der Waals surface area (Å²) in [5.74, 6) is 0.594. The van der Waals surface area contributed by atoms with Crippen molar-refractivity contribution in [2.45, 2.75) is 57.8 Å². The van der Waals surface area contributed by atoms with Crippen molar-refractivity contribution in [1.82, 2.24) is 9.96 Å². The molecule has 0 saturated carbocycles. The lowest BCUT2D eigenvalue weighted by Crippen LogP contribution is -2.52. The molecule has 8 nitrogen and oxygen atoms in total. The Bertz CT molecular complexity index is 983. The number of carbonyl (C=O) groups is 2. The second-order valence-corrected chi connectivity index (χ2v) is 8.85. The van der Waals surface area contributed by atoms with E-state index in [0.29, 0.717) is 31.6 Å². The number of rotatable bonds is 9. The van der Waals surface area contributed by atoms with Crippen LogP contribution in [0, 0.1) is 0 Å². The quantitative estimate of drug-likeness (QED) is 0.507. The molecule has 190 valence electrons. The van der Waals surface area contributed by atoms with Crippen LogP contribution in [0.1, 0.15) is 60.5 Å². The number of amides is 2. The van der Waals surface area contributed by atoms with Crippen molar-refractivity contribution in [1.29, 1.82) is 0 Å². The second kappa shape index (κ2) is 12.6. The predicted octanol–water partition coefficient (Wildman–Crippen LogP) is 4.94. The molecule has 2 aromatic carbocycles. The maximum atomic E-state index is 13.7. The third-order valence-electron chi connectivity index (χ3n) is 6.65. The van der Waals surface area contributed by atoms with Crippen molar-refractivity contribution in [3.05, 3.63) is 65.2 Å². The molecular formula is C27H36N2O6. The van der Waals surface area contributed by atoms with Crippen LogP contribution in [-0.2, 0) is 16.2 Å². The summed E-state index contributed by atoms with van der Waals surface area (Å²) in [7, 11) is 3.05. The summed E-state index contributed by atoms with van der Waals surface area (Å²) in [6.07, 6.45) is 0.721. The fourth-order valence-corrected chi connectivity index (χ4v) is 4.45. The van der Waals surface area contributed by atoms with Gasteiger partial charge in [0.2, 0.25) is 0 Å². The van der Waals surface area contributed by atoms with Crippen molar-refractivity contribution in [3.63, 3.8) is 0 Å². The van der Waals surface area contributed by atoms with Gasteiger partial charge in [-0.3, -0.25) is 9.63 Å². The third kappa shape index (κ3) is 6.52. The monoisotopic (exact) mass is 484 g/mol. The number of carboxylic acid groups (broad SMARTS) is 1. The molecule has 0 radical (unpaired) electrons. The Kier molecular flexibility index (Phi) is 9.51. The molecule has 2 amide bonds. The van der Waals surface area contributed by atoms with Gasteiger partial charge in [-0.1, -0.05) is 44.2 Å². The lowest BCUT2D eigenvalue weighted by Gasteiger charge is -2.35. The molecule has 1 fully saturated rings. The minimum absolute atomic E-state index is 0.0999. The van der Waals surface area contributed by atoms with Crippen molar-refractivity contribution in [2.75, 3.05) is 27.3 Å². The zero-order chi connectivity index (χ0) is 25.4. The summed E-state index contributed by atoms with van der Waals surface area (Å²) in [4.78, 5) is 32.5. The van der Waals surface area contributed by atoms with E-state index in [1.807, 2.05) is 36.4 Å². The molecule has 0 bridgehead atoms. The molecule has 35 heavy (non-hydrogen) atoms. The average molecular weight is 485 g/mol. The van der Waals surface area contributed by atoms with Gasteiger partial charge in [0.05, 0.1) is 26.9 Å². The first-order chi connectivity index (χ1) is 16.9. The van der Waals surface area contributed by atoms with Crippen LogP contribution in [-0.4, -0.2) is 66.5 Å². The molecule has 1 saturated heterocycles. The number of nitrogens with zero attached hydrogens (tertiary/aromatic N) is 2. The molecule has 8 heteroatoms. The van der Waals surface area contributed by atoms with Gasteiger partial charge in [-0.05, 0) is 54.5 Å². The highest BCUT2D eigenvalue weighted by atomic mass is 16.7. The molecule has 3 rings (SSSR count). The molecule has 2 aromatic rings. The lowest BCUT2D eigenvalue weighted by atomic mass is 9.95. The Morgan fingerprint density at radius 2 is 1.91 bits per heavy atom. The van der Waals surface area contributed by atoms with E-state index in [9.17, 15) is 14.7 Å². The first-order valence-corrected chi connectivity index (χ1v) is 12.1. The van der Waals surface area contributed by atoms with Crippen LogP contribution in [0.5, 0.6) is 5.75 Å². The molecule has 1 heterocycles. The second-order valence-electron chi connectivity index (χ2n) is 8.85. The minimum atomic E-state index is -1.02. The standard InChI is InChI=1S/C27H36N2O6/c1-5-19(2)22-16-21(13-14-24(22)33-3)26(30)29(34-4)23-17-28(27(31)32)15-9-12-25(23)35-18-20-10-7-6-8-11-20/h6-8,10-11,13-14,16,19,23,25H,5,9,12,15,17-18H2,1-4H3,(H,31,32)/t19?,23-,25-/m1/s1. The predicted molar refractivity (Wildman–Crippen MR) is 133 cm³/mol. The van der Waals surface area contributed by atoms with Gasteiger partial charge in [0, 0.05) is 18.7 Å². The lowest BCUT2D eigenvalue weighted by molar-refractivity contribution is -0.160. The molecule has 1 aliphatic rings. The maximum Gasteiger partial charge on any atom is 0.407 e. The molecule has 1 aliphatic heterocycles. The molecule has 1 N–H and O–H groups in total. The smallest absolute Gasteiger partial charge is 0.407 e. The van der Waals surface area contributed by atoms with E-state index in [1.165, 1.54) is 17.1 Å². The number of hydroxylamine groups is 2. The highest BCUT2D eigenvalue weighted by Crippen LogP contribution is 2.31. The summed E-state index contributed by atoms with van der Waals surface area (Å²) < 4.78 is 11.8. The third-order valence-corrected chi connectivity index (χ3v) is 6.65. The fourth-order valence-electron chi connectivity index (χ4n) is 4.45. The molecule has 0 aliphatic carbocycles. The largest absolute Gasteiger partial charge is 0.496 e. The minimum Gasteiger partial charge on any atom is -0.496 e. The summed E-state index contributed by atoms with van der Waals surface area (Å²) >= 11 is 0. The van der Waals surface area contributed by atoms with Crippen molar-refractivity contribution >= 4 is 12.0 Å². The van der Waals surface area contributed by atoms with Gasteiger partial charge in [0.15, 0.2) is 0 Å². The number of hydrogen-bond acceptors (Lipinski definition) is 5. The average Bonchev–Trinajstić information content (AvgIpc) is 3.10. The summed E-state index contributed by atoms with van der Waals surface area (Å²) in [6, 6.07) is 14.5. The van der Waals surface area contributed by atoms with Crippen LogP contribution < -0.4 is 4.74 Å². The summed E-state index contributed by atoms with van der Waals surface area (Å²) in [5, 5.41) is 11.0. The van der Waals surface area contributed by atoms with Gasteiger partial charge >= 0.3 is 6.09 Å². The first kappa shape index (κ1) is 26.5. The number of ether oxygens (including phenoxy) is 2. The molecule has 0 aromatic heterocycles. The van der Waals surface area contributed by atoms with E-state index >= 15 is 0 Å². The van der Waals surface area contributed by atoms with Crippen LogP contribution in [0.2, 0.25) is 0 Å². The molecule has 0 spiro atoms. The molecular weight excluding hydrogens is 448 g/mol. The topological polar surface area (TPSA) is 88.5 Å². The normalized spacial score (nSPS) is 19.0. The van der Waals surface area contributed by atoms with Gasteiger partial charge in [-0.15, -0.1) is 0 Å². The Labute approximate surface area is 207 Å². The summed E-state index contributed by atoms with van der Waals surface area (Å²) in [5.41, 5.74) is 2.41. The van der Waals surface area contributed by atoms with Crippen LogP contribution in [0.25, 0.3) is 0 Å². The zero-order valence-electron chi connectivity index (χ0n) is 21.0. The van der Waals surface area contributed by atoms with E-state index in [4.69, 9.17) is 14.3 Å². The number of carbonyl (C=O) groups excluding carboxylic acids is 1. The Hall–Kier alpha value is -3.10. The van der Waals surface area contributed by atoms with Gasteiger partial charge in [0.1, 0.15) is 11.8 Å². The van der Waals surface area contributed by atoms with Crippen molar-refractivity contribution in [3.8, 4) is 5.75 Å². The molecule has 1 unspecified atom stereocenters. The Morgan fingerprint density at radius 1 is 1.17 bits per heavy atom. The number of benzene rings is 2. The first-order valence-electron chi connectivity index (χ1n) is 12.1. The summed E-state index contributed by atoms with van der Waals surface area (Å²) in [6.45, 7) is 5.01. The van der Waals surface area contributed by atoms with E-state index < -0.39 is 18.2 Å².